The van der Waals surface area contributed by atoms with Crippen LogP contribution >= 0.6 is 0 Å². The molecular formula is C19H24N4O. The van der Waals surface area contributed by atoms with E-state index in [2.05, 4.69) is 22.2 Å². The summed E-state index contributed by atoms with van der Waals surface area (Å²) in [5.41, 5.74) is 3.45. The van der Waals surface area contributed by atoms with Crippen LogP contribution in [0.3, 0.4) is 0 Å². The topological polar surface area (TPSA) is 58.1 Å². The fraction of sp³-hybridized carbons (Fsp3) is 0.421. The highest BCUT2D eigenvalue weighted by atomic mass is 16.2. The molecule has 2 aromatic rings. The first-order valence-electron chi connectivity index (χ1n) is 8.60. The highest BCUT2D eigenvalue weighted by Crippen LogP contribution is 2.20. The second-order valence-corrected chi connectivity index (χ2v) is 6.26. The van der Waals surface area contributed by atoms with Gasteiger partial charge < -0.3 is 10.2 Å². The number of aryl methyl sites for hydroxylation is 2. The minimum absolute atomic E-state index is 0.0889. The predicted molar refractivity (Wildman–Crippen MR) is 94.9 cm³/mol. The van der Waals surface area contributed by atoms with Gasteiger partial charge in [-0.05, 0) is 68.5 Å². The fourth-order valence-corrected chi connectivity index (χ4v) is 3.15. The Kier molecular flexibility index (Phi) is 5.54. The Bertz CT molecular complexity index is 674. The van der Waals surface area contributed by atoms with Crippen molar-refractivity contribution in [3.05, 3.63) is 54.1 Å². The van der Waals surface area contributed by atoms with Gasteiger partial charge in [0.1, 0.15) is 0 Å². The Balaban J connectivity index is 1.50. The number of carbonyl (C=O) groups is 1. The van der Waals surface area contributed by atoms with Gasteiger partial charge in [-0.2, -0.15) is 0 Å². The van der Waals surface area contributed by atoms with Crippen LogP contribution < -0.4 is 10.2 Å². The van der Waals surface area contributed by atoms with Gasteiger partial charge in [-0.3, -0.25) is 14.8 Å². The van der Waals surface area contributed by atoms with Gasteiger partial charge in [0.2, 0.25) is 5.91 Å². The zero-order valence-electron chi connectivity index (χ0n) is 14.1. The Hall–Kier alpha value is -2.27. The first-order chi connectivity index (χ1) is 11.8. The number of carbonyl (C=O) groups excluding carboxylic acids is 1. The Labute approximate surface area is 143 Å². The van der Waals surface area contributed by atoms with Crippen molar-refractivity contribution in [2.24, 2.45) is 0 Å². The van der Waals surface area contributed by atoms with E-state index in [4.69, 9.17) is 0 Å². The first-order valence-corrected chi connectivity index (χ1v) is 8.60. The average molecular weight is 324 g/mol. The number of nitrogens with one attached hydrogen (secondary N) is 1. The summed E-state index contributed by atoms with van der Waals surface area (Å²) in [4.78, 5) is 22.8. The van der Waals surface area contributed by atoms with E-state index < -0.39 is 0 Å². The molecule has 1 N–H and O–H groups in total. The van der Waals surface area contributed by atoms with Gasteiger partial charge in [0.25, 0.3) is 0 Å². The molecule has 3 heterocycles. The normalized spacial score (nSPS) is 18.0. The van der Waals surface area contributed by atoms with E-state index in [-0.39, 0.29) is 11.9 Å². The molecule has 0 spiro atoms. The summed E-state index contributed by atoms with van der Waals surface area (Å²) in [5.74, 6) is 0.159. The number of rotatable bonds is 6. The van der Waals surface area contributed by atoms with Crippen molar-refractivity contribution in [3.8, 4) is 0 Å². The van der Waals surface area contributed by atoms with Crippen LogP contribution in [0.1, 0.15) is 30.4 Å². The lowest BCUT2D eigenvalue weighted by Crippen LogP contribution is -2.51. The Morgan fingerprint density at radius 1 is 1.25 bits per heavy atom. The van der Waals surface area contributed by atoms with Crippen LogP contribution in [0.15, 0.2) is 43.0 Å². The summed E-state index contributed by atoms with van der Waals surface area (Å²) in [7, 11) is 0. The van der Waals surface area contributed by atoms with E-state index in [0.717, 1.165) is 44.5 Å². The molecule has 24 heavy (non-hydrogen) atoms. The van der Waals surface area contributed by atoms with E-state index in [1.165, 1.54) is 11.1 Å². The molecule has 1 amide bonds. The molecule has 1 atom stereocenters. The van der Waals surface area contributed by atoms with Crippen molar-refractivity contribution in [1.82, 2.24) is 15.3 Å². The fourth-order valence-electron chi connectivity index (χ4n) is 3.15. The smallest absolute Gasteiger partial charge is 0.244 e. The summed E-state index contributed by atoms with van der Waals surface area (Å²) in [6.07, 6.45) is 11.2. The van der Waals surface area contributed by atoms with Gasteiger partial charge in [-0.25, -0.2) is 0 Å². The summed E-state index contributed by atoms with van der Waals surface area (Å²) in [5, 5.41) is 3.43. The molecule has 0 radical (unpaired) electrons. The van der Waals surface area contributed by atoms with Crippen molar-refractivity contribution in [2.75, 3.05) is 18.0 Å². The summed E-state index contributed by atoms with van der Waals surface area (Å²) in [6, 6.07) is 5.77. The van der Waals surface area contributed by atoms with Gasteiger partial charge in [-0.1, -0.05) is 0 Å². The number of piperidine rings is 1. The van der Waals surface area contributed by atoms with Gasteiger partial charge in [0, 0.05) is 25.1 Å². The van der Waals surface area contributed by atoms with Gasteiger partial charge >= 0.3 is 0 Å². The van der Waals surface area contributed by atoms with Crippen molar-refractivity contribution >= 4 is 11.6 Å². The first kappa shape index (κ1) is 16.6. The van der Waals surface area contributed by atoms with E-state index in [1.54, 1.807) is 12.4 Å². The molecule has 5 nitrogen and oxygen atoms in total. The van der Waals surface area contributed by atoms with Crippen molar-refractivity contribution < 1.29 is 4.79 Å². The van der Waals surface area contributed by atoms with E-state index in [1.807, 2.05) is 35.5 Å². The number of anilines is 1. The summed E-state index contributed by atoms with van der Waals surface area (Å²) >= 11 is 0. The molecule has 1 saturated heterocycles. The number of aromatic nitrogens is 2. The van der Waals surface area contributed by atoms with Crippen LogP contribution in [0, 0.1) is 6.92 Å². The minimum Gasteiger partial charge on any atom is -0.310 e. The van der Waals surface area contributed by atoms with Crippen LogP contribution in [0.25, 0.3) is 0 Å². The van der Waals surface area contributed by atoms with Crippen molar-refractivity contribution in [2.45, 2.75) is 38.6 Å². The number of hydrogen-bond donors (Lipinski definition) is 1. The second kappa shape index (κ2) is 8.02. The quantitative estimate of drug-likeness (QED) is 0.830. The van der Waals surface area contributed by atoms with Crippen LogP contribution in [-0.2, 0) is 11.2 Å². The molecule has 126 valence electrons. The maximum Gasteiger partial charge on any atom is 0.244 e. The third kappa shape index (κ3) is 3.97. The highest BCUT2D eigenvalue weighted by molar-refractivity contribution is 5.97. The molecule has 0 saturated carbocycles. The molecule has 5 heteroatoms. The zero-order chi connectivity index (χ0) is 16.8. The molecule has 0 aliphatic carbocycles. The van der Waals surface area contributed by atoms with Gasteiger partial charge in [0.05, 0.1) is 17.9 Å². The summed E-state index contributed by atoms with van der Waals surface area (Å²) < 4.78 is 0. The average Bonchev–Trinajstić information content (AvgIpc) is 2.62. The molecule has 0 aromatic carbocycles. The molecule has 1 aliphatic rings. The maximum atomic E-state index is 12.7. The number of amides is 1. The molecule has 1 aliphatic heterocycles. The van der Waals surface area contributed by atoms with Crippen molar-refractivity contribution in [1.29, 1.82) is 0 Å². The molecule has 3 rings (SSSR count). The Morgan fingerprint density at radius 3 is 2.92 bits per heavy atom. The van der Waals surface area contributed by atoms with Crippen LogP contribution in [-0.4, -0.2) is 35.0 Å². The molecule has 1 unspecified atom stereocenters. The third-order valence-electron chi connectivity index (χ3n) is 4.56. The van der Waals surface area contributed by atoms with E-state index >= 15 is 0 Å². The number of nitrogens with zero attached hydrogens (tertiary/aromatic N) is 3. The lowest BCUT2D eigenvalue weighted by Gasteiger charge is -2.32. The standard InChI is InChI=1S/C19H24N4O/c1-15-8-11-21-13-16(15)5-2-10-22-18-7-4-12-23(19(18)24)17-6-3-9-20-14-17/h3,6,8-9,11,13-14,18,22H,2,4-5,7,10,12H2,1H3. The monoisotopic (exact) mass is 324 g/mol. The molecule has 1 fully saturated rings. The van der Waals surface area contributed by atoms with E-state index in [0.29, 0.717) is 0 Å². The highest BCUT2D eigenvalue weighted by Gasteiger charge is 2.29. The lowest BCUT2D eigenvalue weighted by molar-refractivity contribution is -0.121. The second-order valence-electron chi connectivity index (χ2n) is 6.26. The number of pyridine rings is 2. The van der Waals surface area contributed by atoms with E-state index in [9.17, 15) is 4.79 Å². The SMILES string of the molecule is Cc1ccncc1CCCNC1CCCN(c2cccnc2)C1=O. The van der Waals surface area contributed by atoms with Crippen LogP contribution in [0.5, 0.6) is 0 Å². The molecular weight excluding hydrogens is 300 g/mol. The lowest BCUT2D eigenvalue weighted by atomic mass is 10.0. The van der Waals surface area contributed by atoms with Gasteiger partial charge in [0.15, 0.2) is 0 Å². The molecule has 0 bridgehead atoms. The maximum absolute atomic E-state index is 12.7. The summed E-state index contributed by atoms with van der Waals surface area (Å²) in [6.45, 7) is 3.73. The molecule has 2 aromatic heterocycles. The third-order valence-corrected chi connectivity index (χ3v) is 4.56. The van der Waals surface area contributed by atoms with Crippen LogP contribution in [0.2, 0.25) is 0 Å². The Morgan fingerprint density at radius 2 is 2.12 bits per heavy atom. The zero-order valence-corrected chi connectivity index (χ0v) is 14.1. The minimum atomic E-state index is -0.0889. The largest absolute Gasteiger partial charge is 0.310 e. The number of hydrogen-bond acceptors (Lipinski definition) is 4. The van der Waals surface area contributed by atoms with Crippen molar-refractivity contribution in [3.63, 3.8) is 0 Å². The predicted octanol–water partition coefficient (Wildman–Crippen LogP) is 2.50. The van der Waals surface area contributed by atoms with Gasteiger partial charge in [-0.15, -0.1) is 0 Å². The van der Waals surface area contributed by atoms with Crippen LogP contribution in [0.4, 0.5) is 5.69 Å².